The van der Waals surface area contributed by atoms with Crippen molar-refractivity contribution in [1.29, 1.82) is 0 Å². The van der Waals surface area contributed by atoms with E-state index >= 15 is 0 Å². The van der Waals surface area contributed by atoms with E-state index in [4.69, 9.17) is 11.6 Å². The molecule has 0 spiro atoms. The van der Waals surface area contributed by atoms with E-state index in [1.807, 2.05) is 13.8 Å². The van der Waals surface area contributed by atoms with E-state index in [1.54, 1.807) is 0 Å². The van der Waals surface area contributed by atoms with Crippen molar-refractivity contribution in [3.8, 4) is 0 Å². The van der Waals surface area contributed by atoms with Gasteiger partial charge in [-0.2, -0.15) is 0 Å². The molecule has 1 saturated heterocycles. The predicted molar refractivity (Wildman–Crippen MR) is 84.5 cm³/mol. The van der Waals surface area contributed by atoms with Gasteiger partial charge in [-0.05, 0) is 66.0 Å². The molecular formula is C15H25ClN4. The summed E-state index contributed by atoms with van der Waals surface area (Å²) >= 11 is 5.98. The van der Waals surface area contributed by atoms with Gasteiger partial charge in [0.2, 0.25) is 5.28 Å². The zero-order valence-electron chi connectivity index (χ0n) is 13.3. The number of nitrogens with one attached hydrogen (secondary N) is 2. The predicted octanol–water partition coefficient (Wildman–Crippen LogP) is 3.47. The minimum atomic E-state index is 0.110. The van der Waals surface area contributed by atoms with Crippen LogP contribution in [0.2, 0.25) is 5.28 Å². The molecule has 1 aromatic heterocycles. The van der Waals surface area contributed by atoms with Crippen LogP contribution in [0.5, 0.6) is 0 Å². The number of rotatable bonds is 2. The van der Waals surface area contributed by atoms with Gasteiger partial charge >= 0.3 is 0 Å². The number of hydrogen-bond acceptors (Lipinski definition) is 4. The molecule has 2 heterocycles. The number of aromatic nitrogens is 2. The van der Waals surface area contributed by atoms with E-state index in [0.29, 0.717) is 11.3 Å². The van der Waals surface area contributed by atoms with Crippen LogP contribution in [0.15, 0.2) is 0 Å². The first kappa shape index (κ1) is 15.5. The van der Waals surface area contributed by atoms with Crippen molar-refractivity contribution in [3.63, 3.8) is 0 Å². The first-order valence-corrected chi connectivity index (χ1v) is 7.52. The lowest BCUT2D eigenvalue weighted by molar-refractivity contribution is 0.170. The first-order chi connectivity index (χ1) is 9.08. The van der Waals surface area contributed by atoms with Crippen molar-refractivity contribution in [3.05, 3.63) is 16.5 Å². The molecule has 1 aliphatic heterocycles. The minimum Gasteiger partial charge on any atom is -0.367 e. The average Bonchev–Trinajstić information content (AvgIpc) is 2.20. The summed E-state index contributed by atoms with van der Waals surface area (Å²) in [7, 11) is 0. The molecule has 0 aromatic carbocycles. The Morgan fingerprint density at radius 2 is 1.65 bits per heavy atom. The third-order valence-corrected chi connectivity index (χ3v) is 4.06. The molecule has 0 bridgehead atoms. The molecule has 5 heteroatoms. The summed E-state index contributed by atoms with van der Waals surface area (Å²) in [5, 5.41) is 7.56. The Balaban J connectivity index is 2.22. The van der Waals surface area contributed by atoms with Gasteiger partial charge in [-0.3, -0.25) is 0 Å². The molecule has 20 heavy (non-hydrogen) atoms. The second kappa shape index (κ2) is 5.15. The summed E-state index contributed by atoms with van der Waals surface area (Å²) in [6.45, 7) is 13.0. The van der Waals surface area contributed by atoms with Crippen molar-refractivity contribution in [1.82, 2.24) is 15.3 Å². The van der Waals surface area contributed by atoms with E-state index in [1.165, 1.54) is 0 Å². The Bertz CT molecular complexity index is 495. The van der Waals surface area contributed by atoms with Gasteiger partial charge in [-0.25, -0.2) is 9.97 Å². The summed E-state index contributed by atoms with van der Waals surface area (Å²) < 4.78 is 0. The SMILES string of the molecule is Cc1nc(Cl)nc(NC2CC(C)(C)NC(C)(C)C2)c1C. The van der Waals surface area contributed by atoms with Gasteiger partial charge in [0.05, 0.1) is 0 Å². The summed E-state index contributed by atoms with van der Waals surface area (Å²) in [6.07, 6.45) is 2.10. The number of nitrogens with zero attached hydrogens (tertiary/aromatic N) is 2. The number of halogens is 1. The molecule has 0 atom stereocenters. The molecule has 112 valence electrons. The Morgan fingerprint density at radius 1 is 1.10 bits per heavy atom. The van der Waals surface area contributed by atoms with E-state index in [0.717, 1.165) is 29.9 Å². The highest BCUT2D eigenvalue weighted by atomic mass is 35.5. The van der Waals surface area contributed by atoms with Crippen LogP contribution in [0.1, 0.15) is 51.8 Å². The lowest BCUT2D eigenvalue weighted by Gasteiger charge is -2.46. The zero-order chi connectivity index (χ0) is 15.1. The fraction of sp³-hybridized carbons (Fsp3) is 0.733. The summed E-state index contributed by atoms with van der Waals surface area (Å²) in [5.41, 5.74) is 2.22. The normalized spacial score (nSPS) is 21.8. The third kappa shape index (κ3) is 3.61. The van der Waals surface area contributed by atoms with Crippen LogP contribution < -0.4 is 10.6 Å². The first-order valence-electron chi connectivity index (χ1n) is 7.15. The molecular weight excluding hydrogens is 272 g/mol. The van der Waals surface area contributed by atoms with Gasteiger partial charge in [-0.1, -0.05) is 0 Å². The molecule has 0 radical (unpaired) electrons. The van der Waals surface area contributed by atoms with Crippen molar-refractivity contribution in [2.75, 3.05) is 5.32 Å². The van der Waals surface area contributed by atoms with Crippen molar-refractivity contribution >= 4 is 17.4 Å². The van der Waals surface area contributed by atoms with Gasteiger partial charge in [-0.15, -0.1) is 0 Å². The van der Waals surface area contributed by atoms with Crippen molar-refractivity contribution < 1.29 is 0 Å². The molecule has 2 N–H and O–H groups in total. The van der Waals surface area contributed by atoms with Gasteiger partial charge in [0.25, 0.3) is 0 Å². The molecule has 0 aliphatic carbocycles. The standard InChI is InChI=1S/C15H25ClN4/c1-9-10(2)17-13(16)19-12(9)18-11-7-14(3,4)20-15(5,6)8-11/h11,20H,7-8H2,1-6H3,(H,17,18,19). The monoisotopic (exact) mass is 296 g/mol. The molecule has 1 aromatic rings. The Labute approximate surface area is 126 Å². The summed E-state index contributed by atoms with van der Waals surface area (Å²) in [5.74, 6) is 0.862. The van der Waals surface area contributed by atoms with Gasteiger partial charge in [0.1, 0.15) is 5.82 Å². The van der Waals surface area contributed by atoms with Gasteiger partial charge in [0.15, 0.2) is 0 Å². The highest BCUT2D eigenvalue weighted by molar-refractivity contribution is 6.28. The van der Waals surface area contributed by atoms with Crippen LogP contribution in [0.3, 0.4) is 0 Å². The van der Waals surface area contributed by atoms with Crippen molar-refractivity contribution in [2.45, 2.75) is 71.5 Å². The van der Waals surface area contributed by atoms with Crippen LogP contribution in [0.25, 0.3) is 0 Å². The van der Waals surface area contributed by atoms with Crippen LogP contribution in [0, 0.1) is 13.8 Å². The lowest BCUT2D eigenvalue weighted by Crippen LogP contribution is -2.60. The van der Waals surface area contributed by atoms with Gasteiger partial charge < -0.3 is 10.6 Å². The lowest BCUT2D eigenvalue weighted by atomic mass is 9.79. The second-order valence-corrected chi connectivity index (χ2v) is 7.53. The largest absolute Gasteiger partial charge is 0.367 e. The second-order valence-electron chi connectivity index (χ2n) is 7.19. The van der Waals surface area contributed by atoms with Crippen LogP contribution in [-0.4, -0.2) is 27.1 Å². The topological polar surface area (TPSA) is 49.8 Å². The van der Waals surface area contributed by atoms with Crippen LogP contribution in [0.4, 0.5) is 5.82 Å². The quantitative estimate of drug-likeness (QED) is 0.821. The maximum atomic E-state index is 5.98. The van der Waals surface area contributed by atoms with E-state index in [2.05, 4.69) is 48.3 Å². The number of piperidine rings is 1. The molecule has 1 fully saturated rings. The fourth-order valence-electron chi connectivity index (χ4n) is 3.35. The van der Waals surface area contributed by atoms with Crippen LogP contribution >= 0.6 is 11.6 Å². The maximum absolute atomic E-state index is 5.98. The number of aryl methyl sites for hydroxylation is 1. The number of anilines is 1. The highest BCUT2D eigenvalue weighted by Gasteiger charge is 2.37. The molecule has 2 rings (SSSR count). The molecule has 1 aliphatic rings. The van der Waals surface area contributed by atoms with Crippen LogP contribution in [-0.2, 0) is 0 Å². The number of hydrogen-bond donors (Lipinski definition) is 2. The van der Waals surface area contributed by atoms with E-state index in [9.17, 15) is 0 Å². The Kier molecular flexibility index (Phi) is 4.00. The highest BCUT2D eigenvalue weighted by Crippen LogP contribution is 2.31. The molecule has 4 nitrogen and oxygen atoms in total. The van der Waals surface area contributed by atoms with E-state index in [-0.39, 0.29) is 11.1 Å². The smallest absolute Gasteiger partial charge is 0.224 e. The summed E-state index contributed by atoms with van der Waals surface area (Å²) in [6, 6.07) is 0.380. The maximum Gasteiger partial charge on any atom is 0.224 e. The molecule has 0 saturated carbocycles. The van der Waals surface area contributed by atoms with Crippen molar-refractivity contribution in [2.24, 2.45) is 0 Å². The Morgan fingerprint density at radius 3 is 2.20 bits per heavy atom. The van der Waals surface area contributed by atoms with Gasteiger partial charge in [0, 0.05) is 28.4 Å². The zero-order valence-corrected chi connectivity index (χ0v) is 14.0. The average molecular weight is 297 g/mol. The summed E-state index contributed by atoms with van der Waals surface area (Å²) in [4.78, 5) is 8.53. The Hall–Kier alpha value is -0.870. The molecule has 0 amide bonds. The minimum absolute atomic E-state index is 0.110. The van der Waals surface area contributed by atoms with E-state index < -0.39 is 0 Å². The molecule has 0 unspecified atom stereocenters. The fourth-order valence-corrected chi connectivity index (χ4v) is 3.56. The third-order valence-electron chi connectivity index (χ3n) is 3.89.